The monoisotopic (exact) mass is 466 g/mol. The highest BCUT2D eigenvalue weighted by molar-refractivity contribution is 5.98. The third-order valence-electron chi connectivity index (χ3n) is 5.99. The van der Waals surface area contributed by atoms with Crippen LogP contribution in [0.1, 0.15) is 33.0 Å². The lowest BCUT2D eigenvalue weighted by Crippen LogP contribution is -2.25. The van der Waals surface area contributed by atoms with Gasteiger partial charge in [0.15, 0.2) is 11.5 Å². The first-order valence-electron chi connectivity index (χ1n) is 10.3. The van der Waals surface area contributed by atoms with Crippen LogP contribution in [0, 0.1) is 5.82 Å². The summed E-state index contributed by atoms with van der Waals surface area (Å²) in [5.74, 6) is 0.167. The second kappa shape index (κ2) is 8.09. The zero-order valence-electron chi connectivity index (χ0n) is 17.7. The lowest BCUT2D eigenvalue weighted by Gasteiger charge is -2.14. The van der Waals surface area contributed by atoms with Crippen LogP contribution in [0.4, 0.5) is 4.39 Å². The molecule has 0 bridgehead atoms. The van der Waals surface area contributed by atoms with Crippen LogP contribution in [-0.2, 0) is 26.2 Å². The zero-order valence-corrected chi connectivity index (χ0v) is 18.5. The van der Waals surface area contributed by atoms with Crippen LogP contribution in [-0.4, -0.2) is 42.4 Å². The van der Waals surface area contributed by atoms with Crippen molar-refractivity contribution < 1.29 is 13.7 Å². The number of benzene rings is 2. The summed E-state index contributed by atoms with van der Waals surface area (Å²) in [7, 11) is 1.67. The minimum atomic E-state index is -0.458. The quantitative estimate of drug-likeness (QED) is 0.459. The molecule has 0 radical (unpaired) electrons. The molecule has 2 aromatic heterocycles. The van der Waals surface area contributed by atoms with Crippen molar-refractivity contribution in [1.29, 1.82) is 0 Å². The Balaban J connectivity index is 0.00000228. The first-order valence-corrected chi connectivity index (χ1v) is 10.3. The molecule has 2 aliphatic rings. The van der Waals surface area contributed by atoms with Crippen molar-refractivity contribution in [2.24, 2.45) is 0 Å². The van der Waals surface area contributed by atoms with Crippen molar-refractivity contribution in [3.05, 3.63) is 82.8 Å². The first-order chi connectivity index (χ1) is 15.6. The Morgan fingerprint density at radius 1 is 1.09 bits per heavy atom. The Kier molecular flexibility index (Phi) is 5.22. The maximum Gasteiger partial charge on any atom is 0.278 e. The van der Waals surface area contributed by atoms with Gasteiger partial charge in [0.25, 0.3) is 11.8 Å². The van der Waals surface area contributed by atoms with Crippen molar-refractivity contribution in [2.45, 2.75) is 26.2 Å². The van der Waals surface area contributed by atoms with Crippen molar-refractivity contribution in [2.75, 3.05) is 7.05 Å². The molecule has 1 amide bonds. The highest BCUT2D eigenvalue weighted by atomic mass is 35.5. The van der Waals surface area contributed by atoms with E-state index in [0.717, 1.165) is 18.8 Å². The molecule has 0 saturated heterocycles. The molecule has 0 fully saturated rings. The molecule has 2 aliphatic heterocycles. The van der Waals surface area contributed by atoms with Gasteiger partial charge in [0.1, 0.15) is 12.1 Å². The average molecular weight is 467 g/mol. The van der Waals surface area contributed by atoms with Crippen LogP contribution in [0.25, 0.3) is 17.3 Å². The van der Waals surface area contributed by atoms with Crippen molar-refractivity contribution in [3.63, 3.8) is 0 Å². The van der Waals surface area contributed by atoms with Gasteiger partial charge >= 0.3 is 0 Å². The van der Waals surface area contributed by atoms with Gasteiger partial charge in [-0.15, -0.1) is 12.4 Å². The lowest BCUT2D eigenvalue weighted by atomic mass is 10.1. The van der Waals surface area contributed by atoms with E-state index in [2.05, 4.69) is 32.2 Å². The SMILES string of the molecule is CN1Cc2c(-c3nc(CN4Cc5ccccc5C4)no3)ncn2-c2ccc(F)cc2C1=O.Cl. The van der Waals surface area contributed by atoms with Crippen LogP contribution in [0.3, 0.4) is 0 Å². The number of imidazole rings is 1. The molecule has 4 aromatic rings. The fourth-order valence-corrected chi connectivity index (χ4v) is 4.43. The summed E-state index contributed by atoms with van der Waals surface area (Å²) in [6.45, 7) is 2.54. The predicted octanol–water partition coefficient (Wildman–Crippen LogP) is 3.58. The van der Waals surface area contributed by atoms with Crippen LogP contribution in [0.15, 0.2) is 53.3 Å². The summed E-state index contributed by atoms with van der Waals surface area (Å²) in [4.78, 5) is 25.6. The van der Waals surface area contributed by atoms with Gasteiger partial charge in [-0.2, -0.15) is 4.98 Å². The number of nitrogens with zero attached hydrogens (tertiary/aromatic N) is 6. The van der Waals surface area contributed by atoms with Crippen LogP contribution >= 0.6 is 12.4 Å². The first kappa shape index (κ1) is 21.3. The number of carbonyl (C=O) groups is 1. The van der Waals surface area contributed by atoms with Crippen LogP contribution in [0.5, 0.6) is 0 Å². The summed E-state index contributed by atoms with van der Waals surface area (Å²) < 4.78 is 21.1. The van der Waals surface area contributed by atoms with Gasteiger partial charge in [-0.3, -0.25) is 14.3 Å². The summed E-state index contributed by atoms with van der Waals surface area (Å²) in [5.41, 5.74) is 4.75. The van der Waals surface area contributed by atoms with Crippen LogP contribution in [0.2, 0.25) is 0 Å². The van der Waals surface area contributed by atoms with E-state index >= 15 is 0 Å². The fraction of sp³-hybridized carbons (Fsp3) is 0.217. The molecule has 6 rings (SSSR count). The van der Waals surface area contributed by atoms with Gasteiger partial charge in [0, 0.05) is 20.1 Å². The average Bonchev–Trinajstić information content (AvgIpc) is 3.50. The summed E-state index contributed by atoms with van der Waals surface area (Å²) in [6, 6.07) is 12.5. The molecule has 0 N–H and O–H groups in total. The second-order valence-electron chi connectivity index (χ2n) is 8.16. The number of hydrogen-bond donors (Lipinski definition) is 0. The highest BCUT2D eigenvalue weighted by Gasteiger charge is 2.29. The van der Waals surface area contributed by atoms with E-state index in [4.69, 9.17) is 4.52 Å². The normalized spacial score (nSPS) is 15.0. The third-order valence-corrected chi connectivity index (χ3v) is 5.99. The van der Waals surface area contributed by atoms with Crippen molar-refractivity contribution in [1.82, 2.24) is 29.5 Å². The number of carbonyl (C=O) groups excluding carboxylic acids is 1. The molecule has 0 aliphatic carbocycles. The molecular formula is C23H20ClFN6O2. The number of rotatable bonds is 3. The van der Waals surface area contributed by atoms with Gasteiger partial charge < -0.3 is 9.42 Å². The van der Waals surface area contributed by atoms with E-state index in [9.17, 15) is 9.18 Å². The molecule has 10 heteroatoms. The molecule has 8 nitrogen and oxygen atoms in total. The Labute approximate surface area is 195 Å². The third kappa shape index (κ3) is 3.59. The van der Waals surface area contributed by atoms with Gasteiger partial charge in [-0.25, -0.2) is 9.37 Å². The summed E-state index contributed by atoms with van der Waals surface area (Å²) in [6.07, 6.45) is 1.61. The highest BCUT2D eigenvalue weighted by Crippen LogP contribution is 2.30. The van der Waals surface area contributed by atoms with Gasteiger partial charge in [-0.1, -0.05) is 29.4 Å². The molecule has 0 saturated carbocycles. The van der Waals surface area contributed by atoms with Gasteiger partial charge in [0.2, 0.25) is 0 Å². The molecular weight excluding hydrogens is 447 g/mol. The Bertz CT molecular complexity index is 1340. The lowest BCUT2D eigenvalue weighted by molar-refractivity contribution is 0.0787. The van der Waals surface area contributed by atoms with E-state index < -0.39 is 5.82 Å². The molecule has 0 atom stereocenters. The Hall–Kier alpha value is -3.56. The smallest absolute Gasteiger partial charge is 0.278 e. The summed E-state index contributed by atoms with van der Waals surface area (Å²) >= 11 is 0. The fourth-order valence-electron chi connectivity index (χ4n) is 4.43. The van der Waals surface area contributed by atoms with E-state index in [1.165, 1.54) is 28.2 Å². The molecule has 0 spiro atoms. The maximum atomic E-state index is 13.8. The molecule has 33 heavy (non-hydrogen) atoms. The van der Waals surface area contributed by atoms with Gasteiger partial charge in [-0.05, 0) is 29.3 Å². The molecule has 4 heterocycles. The topological polar surface area (TPSA) is 80.3 Å². The zero-order chi connectivity index (χ0) is 21.8. The number of aromatic nitrogens is 4. The summed E-state index contributed by atoms with van der Waals surface area (Å²) in [5, 5.41) is 4.15. The number of fused-ring (bicyclic) bond motifs is 4. The second-order valence-corrected chi connectivity index (χ2v) is 8.16. The largest absolute Gasteiger partial charge is 0.336 e. The molecule has 2 aromatic carbocycles. The van der Waals surface area contributed by atoms with Crippen molar-refractivity contribution in [3.8, 4) is 17.3 Å². The predicted molar refractivity (Wildman–Crippen MR) is 119 cm³/mol. The standard InChI is InChI=1S/C23H19FN6O2.ClH/c1-28-11-19-21(25-13-30(19)18-7-6-16(24)8-17(18)23(28)31)22-26-20(27-32-22)12-29-9-14-4-2-3-5-15(14)10-29;/h2-8,13H,9-12H2,1H3;1H. The number of hydrogen-bond acceptors (Lipinski definition) is 6. The number of halogens is 2. The van der Waals surface area contributed by atoms with E-state index in [-0.39, 0.29) is 30.4 Å². The van der Waals surface area contributed by atoms with E-state index in [0.29, 0.717) is 29.6 Å². The number of amides is 1. The molecule has 168 valence electrons. The maximum absolute atomic E-state index is 13.8. The van der Waals surface area contributed by atoms with Crippen molar-refractivity contribution >= 4 is 18.3 Å². The Morgan fingerprint density at radius 2 is 1.85 bits per heavy atom. The van der Waals surface area contributed by atoms with Gasteiger partial charge in [0.05, 0.1) is 30.0 Å². The van der Waals surface area contributed by atoms with Crippen LogP contribution < -0.4 is 0 Å². The minimum absolute atomic E-state index is 0. The van der Waals surface area contributed by atoms with E-state index in [1.54, 1.807) is 24.0 Å². The Morgan fingerprint density at radius 3 is 2.61 bits per heavy atom. The molecule has 0 unspecified atom stereocenters. The minimum Gasteiger partial charge on any atom is -0.336 e. The van der Waals surface area contributed by atoms with E-state index in [1.807, 2.05) is 12.1 Å².